The number of benzene rings is 1. The van der Waals surface area contributed by atoms with Crippen LogP contribution in [0.5, 0.6) is 5.75 Å². The fourth-order valence-electron chi connectivity index (χ4n) is 5.77. The molecular weight excluding hydrogens is 404 g/mol. The van der Waals surface area contributed by atoms with Crippen LogP contribution < -0.4 is 4.74 Å². The Bertz CT molecular complexity index is 758. The summed E-state index contributed by atoms with van der Waals surface area (Å²) in [4.78, 5) is 12.0. The molecule has 178 valence electrons. The monoisotopic (exact) mass is 444 g/mol. The molecule has 0 unspecified atom stereocenters. The summed E-state index contributed by atoms with van der Waals surface area (Å²) in [6.07, 6.45) is 10.4. The van der Waals surface area contributed by atoms with Crippen molar-refractivity contribution in [2.75, 3.05) is 13.2 Å². The molecule has 0 spiro atoms. The van der Waals surface area contributed by atoms with Gasteiger partial charge in [-0.1, -0.05) is 38.3 Å². The van der Waals surface area contributed by atoms with Gasteiger partial charge in [0.15, 0.2) is 6.61 Å². The molecule has 4 rings (SSSR count). The molecule has 5 atom stereocenters. The zero-order valence-electron chi connectivity index (χ0n) is 19.5. The van der Waals surface area contributed by atoms with E-state index in [-0.39, 0.29) is 30.7 Å². The van der Waals surface area contributed by atoms with E-state index in [1.165, 1.54) is 24.0 Å². The summed E-state index contributed by atoms with van der Waals surface area (Å²) in [7, 11) is 0. The molecule has 32 heavy (non-hydrogen) atoms. The lowest BCUT2D eigenvalue weighted by Crippen LogP contribution is -2.28. The van der Waals surface area contributed by atoms with E-state index in [2.05, 4.69) is 13.0 Å². The molecule has 5 nitrogen and oxygen atoms in total. The summed E-state index contributed by atoms with van der Waals surface area (Å²) in [5.74, 6) is 2.20. The highest BCUT2D eigenvalue weighted by Gasteiger charge is 2.44. The van der Waals surface area contributed by atoms with Gasteiger partial charge in [-0.05, 0) is 92.2 Å². The lowest BCUT2D eigenvalue weighted by atomic mass is 9.73. The molecule has 0 heterocycles. The molecule has 0 bridgehead atoms. The summed E-state index contributed by atoms with van der Waals surface area (Å²) in [5, 5.41) is 21.2. The van der Waals surface area contributed by atoms with Crippen molar-refractivity contribution in [1.82, 2.24) is 0 Å². The first-order chi connectivity index (χ1) is 15.5. The third-order valence-electron chi connectivity index (χ3n) is 7.84. The Labute approximate surface area is 192 Å². The SMILES string of the molecule is CCCCC[C@H](O)CC[C@@H]1[C@H]2Cc3cccc(OCC(=O)OCC4CC4)c3C[C@H]2C[C@H]1O. The van der Waals surface area contributed by atoms with Crippen LogP contribution in [0.15, 0.2) is 18.2 Å². The number of hydrogen-bond acceptors (Lipinski definition) is 5. The van der Waals surface area contributed by atoms with Crippen LogP contribution >= 0.6 is 0 Å². The normalized spacial score (nSPS) is 27.5. The molecule has 0 aliphatic heterocycles. The predicted molar refractivity (Wildman–Crippen MR) is 124 cm³/mol. The molecule has 0 saturated heterocycles. The minimum Gasteiger partial charge on any atom is -0.482 e. The molecule has 0 radical (unpaired) electrons. The van der Waals surface area contributed by atoms with Crippen molar-refractivity contribution in [3.05, 3.63) is 29.3 Å². The van der Waals surface area contributed by atoms with Crippen LogP contribution in [0.2, 0.25) is 0 Å². The summed E-state index contributed by atoms with van der Waals surface area (Å²) in [6, 6.07) is 6.11. The van der Waals surface area contributed by atoms with Crippen molar-refractivity contribution in [2.24, 2.45) is 23.7 Å². The molecule has 2 saturated carbocycles. The van der Waals surface area contributed by atoms with Crippen molar-refractivity contribution in [1.29, 1.82) is 0 Å². The highest BCUT2D eigenvalue weighted by Crippen LogP contribution is 2.48. The van der Waals surface area contributed by atoms with Crippen LogP contribution in [0.25, 0.3) is 0 Å². The average Bonchev–Trinajstić information content (AvgIpc) is 3.56. The van der Waals surface area contributed by atoms with E-state index in [9.17, 15) is 15.0 Å². The Balaban J connectivity index is 1.32. The van der Waals surface area contributed by atoms with Gasteiger partial charge in [0.1, 0.15) is 5.75 Å². The van der Waals surface area contributed by atoms with Crippen LogP contribution in [0.3, 0.4) is 0 Å². The predicted octanol–water partition coefficient (Wildman–Crippen LogP) is 4.45. The number of rotatable bonds is 12. The summed E-state index contributed by atoms with van der Waals surface area (Å²) < 4.78 is 11.2. The summed E-state index contributed by atoms with van der Waals surface area (Å²) >= 11 is 0. The second kappa shape index (κ2) is 11.0. The first-order valence-electron chi connectivity index (χ1n) is 12.8. The van der Waals surface area contributed by atoms with Gasteiger partial charge >= 0.3 is 5.97 Å². The van der Waals surface area contributed by atoms with Gasteiger partial charge in [0.05, 0.1) is 18.8 Å². The van der Waals surface area contributed by atoms with Crippen LogP contribution in [0.4, 0.5) is 0 Å². The lowest BCUT2D eigenvalue weighted by Gasteiger charge is -2.32. The van der Waals surface area contributed by atoms with Crippen LogP contribution in [-0.2, 0) is 22.4 Å². The minimum absolute atomic E-state index is 0.0432. The fraction of sp³-hybridized carbons (Fsp3) is 0.741. The van der Waals surface area contributed by atoms with Crippen molar-refractivity contribution >= 4 is 5.97 Å². The van der Waals surface area contributed by atoms with E-state index < -0.39 is 0 Å². The Hall–Kier alpha value is -1.59. The maximum Gasteiger partial charge on any atom is 0.344 e. The Morgan fingerprint density at radius 3 is 2.81 bits per heavy atom. The molecule has 0 aromatic heterocycles. The molecule has 1 aromatic rings. The van der Waals surface area contributed by atoms with Gasteiger partial charge in [-0.3, -0.25) is 0 Å². The van der Waals surface area contributed by atoms with Crippen molar-refractivity contribution in [3.63, 3.8) is 0 Å². The van der Waals surface area contributed by atoms with E-state index >= 15 is 0 Å². The number of esters is 1. The highest BCUT2D eigenvalue weighted by atomic mass is 16.6. The quantitative estimate of drug-likeness (QED) is 0.368. The molecule has 2 fully saturated rings. The maximum absolute atomic E-state index is 12.0. The number of aliphatic hydroxyl groups excluding tert-OH is 2. The van der Waals surface area contributed by atoms with E-state index in [0.29, 0.717) is 24.4 Å². The van der Waals surface area contributed by atoms with Crippen molar-refractivity contribution < 1.29 is 24.5 Å². The Kier molecular flexibility index (Phi) is 8.12. The fourth-order valence-corrected chi connectivity index (χ4v) is 5.77. The highest BCUT2D eigenvalue weighted by molar-refractivity contribution is 5.71. The molecular formula is C27H40O5. The zero-order valence-corrected chi connectivity index (χ0v) is 19.5. The van der Waals surface area contributed by atoms with E-state index in [1.807, 2.05) is 12.1 Å². The zero-order chi connectivity index (χ0) is 22.5. The molecule has 2 N–H and O–H groups in total. The van der Waals surface area contributed by atoms with Crippen LogP contribution in [0, 0.1) is 23.7 Å². The van der Waals surface area contributed by atoms with Gasteiger partial charge < -0.3 is 19.7 Å². The first-order valence-corrected chi connectivity index (χ1v) is 12.8. The standard InChI is InChI=1S/C27H40O5/c1-2-3-4-7-21(28)11-12-22-23-13-19-6-5-8-26(24(19)14-20(23)15-25(22)29)31-17-27(30)32-16-18-9-10-18/h5-6,8,18,20-23,25,28-29H,2-4,7,9-17H2,1H3/t20-,21-,22+,23-,25+/m0/s1. The summed E-state index contributed by atoms with van der Waals surface area (Å²) in [6.45, 7) is 2.66. The Morgan fingerprint density at radius 1 is 1.19 bits per heavy atom. The number of ether oxygens (including phenoxy) is 2. The van der Waals surface area contributed by atoms with Crippen LogP contribution in [0.1, 0.15) is 75.8 Å². The Morgan fingerprint density at radius 2 is 2.03 bits per heavy atom. The second-order valence-corrected chi connectivity index (χ2v) is 10.3. The maximum atomic E-state index is 12.0. The third-order valence-corrected chi connectivity index (χ3v) is 7.84. The lowest BCUT2D eigenvalue weighted by molar-refractivity contribution is -0.146. The smallest absolute Gasteiger partial charge is 0.344 e. The van der Waals surface area contributed by atoms with Gasteiger partial charge in [-0.25, -0.2) is 4.79 Å². The number of fused-ring (bicyclic) bond motifs is 2. The number of hydrogen-bond donors (Lipinski definition) is 2. The van der Waals surface area contributed by atoms with Gasteiger partial charge in [0.2, 0.25) is 0 Å². The minimum atomic E-state index is -0.294. The molecule has 1 aromatic carbocycles. The number of aliphatic hydroxyl groups is 2. The summed E-state index contributed by atoms with van der Waals surface area (Å²) in [5.41, 5.74) is 2.47. The molecule has 3 aliphatic carbocycles. The van der Waals surface area contributed by atoms with E-state index in [1.54, 1.807) is 0 Å². The molecule has 0 amide bonds. The molecule has 5 heteroatoms. The topological polar surface area (TPSA) is 76.0 Å². The largest absolute Gasteiger partial charge is 0.482 e. The number of carbonyl (C=O) groups excluding carboxylic acids is 1. The third kappa shape index (κ3) is 6.05. The van der Waals surface area contributed by atoms with Crippen molar-refractivity contribution in [3.8, 4) is 5.75 Å². The van der Waals surface area contributed by atoms with E-state index in [4.69, 9.17) is 9.47 Å². The van der Waals surface area contributed by atoms with Gasteiger partial charge in [0, 0.05) is 0 Å². The van der Waals surface area contributed by atoms with Crippen LogP contribution in [-0.4, -0.2) is 41.6 Å². The second-order valence-electron chi connectivity index (χ2n) is 10.3. The van der Waals surface area contributed by atoms with E-state index in [0.717, 1.165) is 63.5 Å². The number of carbonyl (C=O) groups is 1. The van der Waals surface area contributed by atoms with Gasteiger partial charge in [-0.15, -0.1) is 0 Å². The van der Waals surface area contributed by atoms with Gasteiger partial charge in [-0.2, -0.15) is 0 Å². The van der Waals surface area contributed by atoms with Crippen molar-refractivity contribution in [2.45, 2.75) is 89.8 Å². The molecule has 3 aliphatic rings. The average molecular weight is 445 g/mol. The number of unbranched alkanes of at least 4 members (excludes halogenated alkanes) is 2. The van der Waals surface area contributed by atoms with Gasteiger partial charge in [0.25, 0.3) is 0 Å². The first kappa shape index (κ1) is 23.6.